The Kier molecular flexibility index (Phi) is 3.94. The van der Waals surface area contributed by atoms with E-state index in [-0.39, 0.29) is 0 Å². The van der Waals surface area contributed by atoms with Crippen LogP contribution in [0.25, 0.3) is 12.2 Å². The molecule has 114 valence electrons. The van der Waals surface area contributed by atoms with Gasteiger partial charge in [0.25, 0.3) is 0 Å². The molecule has 0 saturated heterocycles. The van der Waals surface area contributed by atoms with E-state index in [1.807, 2.05) is 0 Å². The van der Waals surface area contributed by atoms with Crippen molar-refractivity contribution in [3.8, 4) is 0 Å². The number of benzene rings is 2. The molecule has 2 aliphatic carbocycles. The second kappa shape index (κ2) is 5.95. The molecule has 2 aromatic carbocycles. The van der Waals surface area contributed by atoms with E-state index in [1.165, 1.54) is 11.1 Å². The molecule has 0 aromatic heterocycles. The Labute approximate surface area is 146 Å². The Bertz CT molecular complexity index is 798. The van der Waals surface area contributed by atoms with Crippen molar-refractivity contribution in [1.82, 2.24) is 0 Å². The van der Waals surface area contributed by atoms with Gasteiger partial charge in [0.2, 0.25) is 0 Å². The maximum atomic E-state index is 2.62. The summed E-state index contributed by atoms with van der Waals surface area (Å²) in [4.78, 5) is 0. The molecule has 0 N–H and O–H groups in total. The van der Waals surface area contributed by atoms with Gasteiger partial charge in [-0.05, 0) is 0 Å². The molecule has 0 bridgehead atoms. The van der Waals surface area contributed by atoms with Crippen LogP contribution < -0.4 is 0 Å². The predicted octanol–water partition coefficient (Wildman–Crippen LogP) is 5.74. The van der Waals surface area contributed by atoms with Gasteiger partial charge in [-0.1, -0.05) is 0 Å². The Balaban J connectivity index is 1.83. The fourth-order valence-electron chi connectivity index (χ4n) is 4.34. The van der Waals surface area contributed by atoms with Crippen LogP contribution in [0.4, 0.5) is 0 Å². The summed E-state index contributed by atoms with van der Waals surface area (Å²) in [6, 6.07) is 18.0. The third kappa shape index (κ3) is 2.41. The number of fused-ring (bicyclic) bond motifs is 2. The van der Waals surface area contributed by atoms with E-state index < -0.39 is 21.3 Å². The summed E-state index contributed by atoms with van der Waals surface area (Å²) >= 11 is -1.87. The van der Waals surface area contributed by atoms with Crippen molar-refractivity contribution in [2.24, 2.45) is 0 Å². The van der Waals surface area contributed by atoms with Crippen LogP contribution in [0.3, 0.4) is 0 Å². The van der Waals surface area contributed by atoms with Crippen molar-refractivity contribution >= 4 is 15.9 Å². The molecule has 0 nitrogen and oxygen atoms in total. The number of hydrogen-bond acceptors (Lipinski definition) is 0. The summed E-state index contributed by atoms with van der Waals surface area (Å²) in [5, 5.41) is 0. The fraction of sp³-hybridized carbons (Fsp3) is 0.227. The molecule has 0 fully saturated rings. The zero-order valence-corrected chi connectivity index (χ0v) is 16.5. The molecule has 0 aliphatic heterocycles. The van der Waals surface area contributed by atoms with Crippen LogP contribution in [0.5, 0.6) is 0 Å². The minimum atomic E-state index is -1.87. The second-order valence-corrected chi connectivity index (χ2v) is 13.4. The SMILES string of the molecule is C[CH]=[Zr]([CH]1C(C)=Cc2ccccc21)[CH]1C(C)=Cc2ccccc21. The monoisotopic (exact) mass is 376 g/mol. The van der Waals surface area contributed by atoms with E-state index in [2.05, 4.69) is 85.2 Å². The third-order valence-electron chi connectivity index (χ3n) is 5.29. The topological polar surface area (TPSA) is 0 Å². The number of rotatable bonds is 2. The van der Waals surface area contributed by atoms with Crippen LogP contribution in [0, 0.1) is 0 Å². The van der Waals surface area contributed by atoms with E-state index in [9.17, 15) is 0 Å². The number of allylic oxidation sites excluding steroid dienone is 2. The normalized spacial score (nSPS) is 21.3. The maximum absolute atomic E-state index is 2.62. The van der Waals surface area contributed by atoms with Gasteiger partial charge in [0.1, 0.15) is 0 Å². The molecule has 0 heterocycles. The Morgan fingerprint density at radius 1 is 0.739 bits per heavy atom. The van der Waals surface area contributed by atoms with Gasteiger partial charge in [-0.15, -0.1) is 0 Å². The van der Waals surface area contributed by atoms with Crippen LogP contribution in [0.1, 0.15) is 50.3 Å². The van der Waals surface area contributed by atoms with Gasteiger partial charge in [-0.3, -0.25) is 0 Å². The molecule has 2 unspecified atom stereocenters. The van der Waals surface area contributed by atoms with E-state index in [4.69, 9.17) is 0 Å². The van der Waals surface area contributed by atoms with Crippen molar-refractivity contribution in [3.05, 3.63) is 81.9 Å². The second-order valence-electron chi connectivity index (χ2n) is 6.69. The molecule has 4 rings (SSSR count). The van der Waals surface area contributed by atoms with Crippen LogP contribution >= 0.6 is 0 Å². The van der Waals surface area contributed by atoms with Gasteiger partial charge in [0.05, 0.1) is 0 Å². The Morgan fingerprint density at radius 2 is 1.17 bits per heavy atom. The summed E-state index contributed by atoms with van der Waals surface area (Å²) in [6.45, 7) is 7.00. The summed E-state index contributed by atoms with van der Waals surface area (Å²) in [7, 11) is 0. The molecule has 0 saturated carbocycles. The third-order valence-corrected chi connectivity index (χ3v) is 14.0. The van der Waals surface area contributed by atoms with Crippen molar-refractivity contribution in [1.29, 1.82) is 0 Å². The first-order valence-electron chi connectivity index (χ1n) is 8.41. The predicted molar refractivity (Wildman–Crippen MR) is 97.4 cm³/mol. The standard InChI is InChI=1S/2C10H9.C2H4.Zr/c2*1-8-6-9-4-2-3-5-10(9)7-8;1-2;/h2*2-7H,1H3;1H,2H3;. The van der Waals surface area contributed by atoms with E-state index in [0.29, 0.717) is 7.25 Å². The average Bonchev–Trinajstić information content (AvgIpc) is 3.06. The molecule has 23 heavy (non-hydrogen) atoms. The Hall–Kier alpha value is -1.33. The number of hydrogen-bond donors (Lipinski definition) is 0. The van der Waals surface area contributed by atoms with Crippen LogP contribution in [-0.4, -0.2) is 3.71 Å². The first kappa shape index (κ1) is 15.2. The average molecular weight is 378 g/mol. The molecule has 2 aromatic rings. The van der Waals surface area contributed by atoms with Gasteiger partial charge in [0, 0.05) is 0 Å². The molecule has 1 heteroatoms. The van der Waals surface area contributed by atoms with Crippen LogP contribution in [0.2, 0.25) is 0 Å². The van der Waals surface area contributed by atoms with Gasteiger partial charge in [0.15, 0.2) is 0 Å². The van der Waals surface area contributed by atoms with Gasteiger partial charge >= 0.3 is 147 Å². The minimum absolute atomic E-state index is 0.693. The molecule has 0 spiro atoms. The van der Waals surface area contributed by atoms with Crippen molar-refractivity contribution in [3.63, 3.8) is 0 Å². The van der Waals surface area contributed by atoms with Crippen LogP contribution in [-0.2, 0) is 21.3 Å². The quantitative estimate of drug-likeness (QED) is 0.626. The van der Waals surface area contributed by atoms with Gasteiger partial charge < -0.3 is 0 Å². The van der Waals surface area contributed by atoms with E-state index in [0.717, 1.165) is 0 Å². The van der Waals surface area contributed by atoms with E-state index in [1.54, 1.807) is 22.3 Å². The molecular weight excluding hydrogens is 355 g/mol. The summed E-state index contributed by atoms with van der Waals surface area (Å²) in [5.74, 6) is 0. The summed E-state index contributed by atoms with van der Waals surface area (Å²) in [5.41, 5.74) is 9.21. The zero-order chi connectivity index (χ0) is 16.0. The first-order valence-corrected chi connectivity index (χ1v) is 12.7. The summed E-state index contributed by atoms with van der Waals surface area (Å²) in [6.07, 6.45) is 4.84. The summed E-state index contributed by atoms with van der Waals surface area (Å²) < 4.78 is 4.01. The molecule has 2 aliphatic rings. The zero-order valence-electron chi connectivity index (χ0n) is 14.0. The molecular formula is C22H22Zr. The van der Waals surface area contributed by atoms with E-state index >= 15 is 0 Å². The van der Waals surface area contributed by atoms with Gasteiger partial charge in [-0.25, -0.2) is 0 Å². The molecule has 0 radical (unpaired) electrons. The van der Waals surface area contributed by atoms with Crippen molar-refractivity contribution in [2.45, 2.75) is 28.0 Å². The molecule has 2 atom stereocenters. The van der Waals surface area contributed by atoms with Crippen LogP contribution in [0.15, 0.2) is 59.7 Å². The fourth-order valence-corrected chi connectivity index (χ4v) is 12.9. The molecule has 0 amide bonds. The van der Waals surface area contributed by atoms with Gasteiger partial charge in [-0.2, -0.15) is 0 Å². The first-order chi connectivity index (χ1) is 11.2. The Morgan fingerprint density at radius 3 is 1.61 bits per heavy atom. The van der Waals surface area contributed by atoms with Crippen molar-refractivity contribution in [2.75, 3.05) is 0 Å². The van der Waals surface area contributed by atoms with Crippen molar-refractivity contribution < 1.29 is 21.3 Å².